The Hall–Kier alpha value is -12.7. The summed E-state index contributed by atoms with van der Waals surface area (Å²) in [4.78, 5) is 105. The molecule has 0 aliphatic heterocycles. The highest BCUT2D eigenvalue weighted by Gasteiger charge is 2.61. The first-order valence-electron chi connectivity index (χ1n) is 37.8. The summed E-state index contributed by atoms with van der Waals surface area (Å²) in [5, 5.41) is 92.6. The minimum absolute atomic E-state index is 0.0393. The summed E-state index contributed by atoms with van der Waals surface area (Å²) >= 11 is 0. The summed E-state index contributed by atoms with van der Waals surface area (Å²) < 4.78 is 247. The zero-order chi connectivity index (χ0) is 91.6. The number of halogens is 16. The molecule has 660 valence electrons. The molecule has 2 fully saturated rings. The van der Waals surface area contributed by atoms with Crippen molar-refractivity contribution in [2.45, 2.75) is 92.1 Å². The van der Waals surface area contributed by atoms with Crippen LogP contribution in [0.25, 0.3) is 0 Å². The molecule has 4 amide bonds. The molecule has 0 saturated heterocycles. The predicted octanol–water partition coefficient (Wildman–Crippen LogP) is 16.5. The lowest BCUT2D eigenvalue weighted by Crippen LogP contribution is -2.45. The van der Waals surface area contributed by atoms with Gasteiger partial charge in [-0.2, -0.15) is 52.7 Å². The molecule has 0 heterocycles. The standard InChI is InChI=1S/C87H72F16N4O18/c1-79(2,49-11-15-51(16-12-49)124-53-19-21-55(75(112)113)57(35-53)71(108)104-63-23-3-41(29-59(63)80(120,37-88)84(92,93)94)27-43-5-25-65(61(31-43)82(122,39-90)86(98,99)100)106-73(110)67-45-7-9-47(33-45)69(67)77(116)117)50-13-17-52(18-14-50)125-54-20-22-56(76(114)115)58(36-54)72(109)105-64-24-4-42(30-60(64)81(121,38-89)85(95,96)97)28-44-6-26-66(62(32-44)83(123,40-91)87(101,102)103)107-74(111)68-46-8-10-48(34-46)70(68)78(118)119/h3-26,29-32,35-36,45-48,67-70,120-123H,27-28,33-34,37-40H2,1-2H3,(H,104,108)(H,105,109)(H,106,110)(H,107,111)(H,112,113)(H,114,115)(H,116,117)(H,118,119). The average Bonchev–Trinajstić information content (AvgIpc) is 1.09. The van der Waals surface area contributed by atoms with Gasteiger partial charge in [0.25, 0.3) is 11.8 Å². The van der Waals surface area contributed by atoms with Gasteiger partial charge in [-0.1, -0.05) is 111 Å². The van der Waals surface area contributed by atoms with Crippen molar-refractivity contribution in [1.29, 1.82) is 0 Å². The highest BCUT2D eigenvalue weighted by Crippen LogP contribution is 2.54. The van der Waals surface area contributed by atoms with Crippen LogP contribution >= 0.6 is 0 Å². The number of aliphatic hydroxyl groups is 4. The Morgan fingerprint density at radius 2 is 0.592 bits per heavy atom. The van der Waals surface area contributed by atoms with Crippen molar-refractivity contribution in [3.05, 3.63) is 260 Å². The molecule has 4 aliphatic rings. The van der Waals surface area contributed by atoms with E-state index in [0.717, 1.165) is 84.9 Å². The Labute approximate surface area is 696 Å². The van der Waals surface area contributed by atoms with E-state index in [4.69, 9.17) is 9.47 Å². The van der Waals surface area contributed by atoms with Crippen LogP contribution in [0.1, 0.15) is 124 Å². The largest absolute Gasteiger partial charge is 0.481 e. The van der Waals surface area contributed by atoms with Crippen LogP contribution in [0.5, 0.6) is 23.0 Å². The molecule has 4 aliphatic carbocycles. The average molecular weight is 1770 g/mol. The third-order valence-electron chi connectivity index (χ3n) is 23.2. The molecule has 12 atom stereocenters. The van der Waals surface area contributed by atoms with Crippen molar-refractivity contribution in [2.75, 3.05) is 48.0 Å². The van der Waals surface area contributed by atoms with E-state index >= 15 is 0 Å². The summed E-state index contributed by atoms with van der Waals surface area (Å²) in [6, 6.07) is 27.0. The first-order valence-corrected chi connectivity index (χ1v) is 37.8. The number of nitrogens with one attached hydrogen (secondary N) is 4. The number of hydrogen-bond donors (Lipinski definition) is 12. The van der Waals surface area contributed by atoms with Crippen LogP contribution in [0.2, 0.25) is 0 Å². The minimum Gasteiger partial charge on any atom is -0.481 e. The van der Waals surface area contributed by atoms with Crippen molar-refractivity contribution in [3.63, 3.8) is 0 Å². The quantitative estimate of drug-likeness (QED) is 0.0147. The molecule has 12 rings (SSSR count). The number of ether oxygens (including phenoxy) is 2. The van der Waals surface area contributed by atoms with Crippen LogP contribution in [0.15, 0.2) is 182 Å². The molecule has 2 saturated carbocycles. The minimum atomic E-state index is -5.89. The molecule has 0 aromatic heterocycles. The maximum Gasteiger partial charge on any atom is 0.424 e. The number of amides is 4. The number of hydrogen-bond acceptors (Lipinski definition) is 14. The van der Waals surface area contributed by atoms with E-state index in [9.17, 15) is 149 Å². The van der Waals surface area contributed by atoms with E-state index < -0.39 is 254 Å². The fourth-order valence-corrected chi connectivity index (χ4v) is 16.4. The summed E-state index contributed by atoms with van der Waals surface area (Å²) in [7, 11) is 0. The van der Waals surface area contributed by atoms with Gasteiger partial charge < -0.3 is 71.6 Å². The molecule has 125 heavy (non-hydrogen) atoms. The van der Waals surface area contributed by atoms with Gasteiger partial charge >= 0.3 is 48.6 Å². The van der Waals surface area contributed by atoms with Crippen LogP contribution in [0, 0.1) is 47.3 Å². The highest BCUT2D eigenvalue weighted by molar-refractivity contribution is 6.12. The number of benzene rings is 8. The monoisotopic (exact) mass is 1760 g/mol. The fraction of sp³-hybridized carbons (Fsp3) is 0.310. The van der Waals surface area contributed by atoms with Crippen LogP contribution in [-0.4, -0.2) is 140 Å². The number of aliphatic carboxylic acids is 2. The molecule has 12 unspecified atom stereocenters. The van der Waals surface area contributed by atoms with Crippen molar-refractivity contribution in [1.82, 2.24) is 0 Å². The Kier molecular flexibility index (Phi) is 25.0. The molecule has 0 radical (unpaired) electrons. The Morgan fingerprint density at radius 3 is 0.840 bits per heavy atom. The zero-order valence-corrected chi connectivity index (χ0v) is 64.8. The van der Waals surface area contributed by atoms with Crippen molar-refractivity contribution >= 4 is 70.3 Å². The summed E-state index contributed by atoms with van der Waals surface area (Å²) in [5.74, 6) is -19.5. The van der Waals surface area contributed by atoms with Crippen LogP contribution in [0.3, 0.4) is 0 Å². The Morgan fingerprint density at radius 1 is 0.336 bits per heavy atom. The van der Waals surface area contributed by atoms with E-state index in [-0.39, 0.29) is 58.1 Å². The maximum absolute atomic E-state index is 14.9. The second-order valence-corrected chi connectivity index (χ2v) is 31.3. The number of carboxylic acid groups (broad SMARTS) is 4. The van der Waals surface area contributed by atoms with Gasteiger partial charge in [0, 0.05) is 50.4 Å². The van der Waals surface area contributed by atoms with E-state index in [1.165, 1.54) is 24.3 Å². The van der Waals surface area contributed by atoms with E-state index in [1.807, 2.05) is 0 Å². The van der Waals surface area contributed by atoms with Crippen LogP contribution in [0.4, 0.5) is 93.0 Å². The van der Waals surface area contributed by atoms with Gasteiger partial charge in [0.2, 0.25) is 34.2 Å². The molecular formula is C87H72F16N4O18. The number of carbonyl (C=O) groups excluding carboxylic acids is 4. The van der Waals surface area contributed by atoms with Gasteiger partial charge in [0.15, 0.2) is 0 Å². The lowest BCUT2D eigenvalue weighted by molar-refractivity contribution is -0.271. The number of anilines is 4. The molecule has 22 nitrogen and oxygen atoms in total. The lowest BCUT2D eigenvalue weighted by Gasteiger charge is -2.31. The Balaban J connectivity index is 0.742. The molecular weight excluding hydrogens is 1690 g/mol. The number of allylic oxidation sites excluding steroid dienone is 4. The van der Waals surface area contributed by atoms with Crippen molar-refractivity contribution < 1.29 is 159 Å². The predicted molar refractivity (Wildman–Crippen MR) is 411 cm³/mol. The van der Waals surface area contributed by atoms with Gasteiger partial charge in [0.1, 0.15) is 49.7 Å². The fourth-order valence-electron chi connectivity index (χ4n) is 16.4. The van der Waals surface area contributed by atoms with Gasteiger partial charge in [0.05, 0.1) is 45.9 Å². The SMILES string of the molecule is CC(C)(c1ccc(Oc2ccc(C(=O)O)c(C(=O)Nc3ccc(Cc4ccc(NC(=O)C5C6C=CC(C6)C5C(=O)O)c(C(O)(CF)C(F)(F)F)c4)cc3C(O)(CF)C(F)(F)F)c2)cc1)c1ccc(Oc2ccc(C(=O)O)c(C(=O)Nc3ccc(Cc4ccc(NC(=O)C5C6C=CC(C6)C5C(=O)O)c(C(O)(CF)C(F)(F)F)c4)cc3C(O)(CF)C(F)(F)F)c2)cc1. The normalized spacial score (nSPS) is 20.5. The second-order valence-electron chi connectivity index (χ2n) is 31.3. The molecule has 12 N–H and O–H groups in total. The van der Waals surface area contributed by atoms with E-state index in [1.54, 1.807) is 62.4 Å². The van der Waals surface area contributed by atoms with Gasteiger partial charge in [-0.3, -0.25) is 28.8 Å². The third-order valence-corrected chi connectivity index (χ3v) is 23.2. The summed E-state index contributed by atoms with van der Waals surface area (Å²) in [5.41, 5.74) is -30.9. The number of aromatic carboxylic acids is 2. The molecule has 8 aromatic carbocycles. The lowest BCUT2D eigenvalue weighted by atomic mass is 9.78. The molecule has 0 spiro atoms. The van der Waals surface area contributed by atoms with Gasteiger partial charge in [-0.15, -0.1) is 0 Å². The first kappa shape index (κ1) is 91.5. The highest BCUT2D eigenvalue weighted by atomic mass is 19.4. The van der Waals surface area contributed by atoms with E-state index in [0.29, 0.717) is 35.4 Å². The maximum atomic E-state index is 14.9. The first-order chi connectivity index (χ1) is 58.4. The molecule has 38 heteroatoms. The summed E-state index contributed by atoms with van der Waals surface area (Å²) in [6.45, 7) is -6.77. The number of carboxylic acids is 4. The second kappa shape index (κ2) is 34.1. The molecule has 8 aromatic rings. The summed E-state index contributed by atoms with van der Waals surface area (Å²) in [6.07, 6.45) is -18.1. The van der Waals surface area contributed by atoms with Crippen LogP contribution in [-0.2, 0) is 59.8 Å². The number of rotatable bonds is 30. The Bertz CT molecular complexity index is 5320. The van der Waals surface area contributed by atoms with Crippen LogP contribution < -0.4 is 30.7 Å². The van der Waals surface area contributed by atoms with Gasteiger partial charge in [-0.05, 0) is 168 Å². The number of alkyl halides is 16. The van der Waals surface area contributed by atoms with Crippen molar-refractivity contribution in [2.24, 2.45) is 47.3 Å². The third kappa shape index (κ3) is 17.6. The number of fused-ring (bicyclic) bond motifs is 4. The zero-order valence-electron chi connectivity index (χ0n) is 64.8. The van der Waals surface area contributed by atoms with Gasteiger partial charge in [-0.25, -0.2) is 27.2 Å². The van der Waals surface area contributed by atoms with E-state index in [2.05, 4.69) is 21.3 Å². The van der Waals surface area contributed by atoms with Crippen molar-refractivity contribution in [3.8, 4) is 23.0 Å². The topological polar surface area (TPSA) is 365 Å². The molecule has 4 bridgehead atoms. The smallest absolute Gasteiger partial charge is 0.424 e. The number of carbonyl (C=O) groups is 8.